The Balaban J connectivity index is 0.00000272. The van der Waals surface area contributed by atoms with Gasteiger partial charge in [0, 0.05) is 24.4 Å². The molecule has 31 heavy (non-hydrogen) atoms. The first kappa shape index (κ1) is 23.7. The molecule has 0 unspecified atom stereocenters. The molecular weight excluding hydrogens is 459 g/mol. The van der Waals surface area contributed by atoms with Crippen LogP contribution in [0.4, 0.5) is 16.3 Å². The van der Waals surface area contributed by atoms with Gasteiger partial charge in [0.25, 0.3) is 0 Å². The standard InChI is InChI=1S/C21H23ClN4O3S.ClH/c1-15(27)29-12-4-7-24-8-10-25(11-9-24)21(28)26-17-5-2-3-6-18(17)30-19-13-16(22)14-23-20(19)26;/h2-3,5-6,13-14H,4,7-12H2,1H3;1H. The molecule has 0 saturated carbocycles. The average Bonchev–Trinajstić information content (AvgIpc) is 2.75. The number of piperazine rings is 1. The van der Waals surface area contributed by atoms with E-state index in [-0.39, 0.29) is 24.4 Å². The molecule has 166 valence electrons. The fourth-order valence-electron chi connectivity index (χ4n) is 3.75. The summed E-state index contributed by atoms with van der Waals surface area (Å²) in [5.41, 5.74) is 0.853. The molecule has 4 rings (SSSR count). The van der Waals surface area contributed by atoms with Crippen LogP contribution in [0.25, 0.3) is 0 Å². The summed E-state index contributed by atoms with van der Waals surface area (Å²) in [6, 6.07) is 9.67. The van der Waals surface area contributed by atoms with Gasteiger partial charge in [-0.1, -0.05) is 35.5 Å². The van der Waals surface area contributed by atoms with Crippen molar-refractivity contribution < 1.29 is 31.6 Å². The summed E-state index contributed by atoms with van der Waals surface area (Å²) in [7, 11) is 0. The molecule has 0 aliphatic carbocycles. The number of amides is 2. The number of rotatable bonds is 4. The number of ether oxygens (including phenoxy) is 1. The third-order valence-electron chi connectivity index (χ3n) is 5.25. The molecule has 1 fully saturated rings. The van der Waals surface area contributed by atoms with Crippen molar-refractivity contribution in [1.29, 1.82) is 0 Å². The lowest BCUT2D eigenvalue weighted by Gasteiger charge is -2.37. The number of hydrogen-bond donors (Lipinski definition) is 1. The zero-order valence-corrected chi connectivity index (χ0v) is 19.5. The van der Waals surface area contributed by atoms with Gasteiger partial charge in [0.05, 0.1) is 54.9 Å². The Morgan fingerprint density at radius 2 is 1.97 bits per heavy atom. The molecule has 1 aromatic heterocycles. The van der Waals surface area contributed by atoms with Crippen LogP contribution < -0.4 is 22.2 Å². The highest BCUT2D eigenvalue weighted by molar-refractivity contribution is 7.99. The molecule has 2 amide bonds. The fraction of sp³-hybridized carbons (Fsp3) is 0.381. The molecule has 2 aromatic rings. The number of fused-ring (bicyclic) bond motifs is 2. The van der Waals surface area contributed by atoms with E-state index in [0.29, 0.717) is 30.5 Å². The Morgan fingerprint density at radius 1 is 1.23 bits per heavy atom. The third kappa shape index (κ3) is 5.44. The zero-order chi connectivity index (χ0) is 21.1. The van der Waals surface area contributed by atoms with Gasteiger partial charge in [-0.05, 0) is 18.2 Å². The lowest BCUT2D eigenvalue weighted by Crippen LogP contribution is -3.14. The van der Waals surface area contributed by atoms with E-state index in [2.05, 4.69) is 4.98 Å². The number of aromatic nitrogens is 1. The monoisotopic (exact) mass is 482 g/mol. The summed E-state index contributed by atoms with van der Waals surface area (Å²) in [5, 5.41) is 0.555. The van der Waals surface area contributed by atoms with Crippen molar-refractivity contribution in [3.05, 3.63) is 41.6 Å². The second-order valence-corrected chi connectivity index (χ2v) is 8.86. The largest absolute Gasteiger partial charge is 1.00 e. The second kappa shape index (κ2) is 10.5. The Labute approximate surface area is 197 Å². The molecule has 1 aromatic carbocycles. The highest BCUT2D eigenvalue weighted by atomic mass is 35.5. The molecule has 2 aliphatic heterocycles. The topological polar surface area (TPSA) is 67.2 Å². The second-order valence-electron chi connectivity index (χ2n) is 7.34. The molecule has 0 spiro atoms. The number of para-hydroxylation sites is 1. The number of nitrogens with zero attached hydrogens (tertiary/aromatic N) is 3. The number of carbonyl (C=O) groups is 2. The number of pyridine rings is 1. The first-order valence-corrected chi connectivity index (χ1v) is 11.2. The van der Waals surface area contributed by atoms with Crippen LogP contribution in [0.15, 0.2) is 46.3 Å². The van der Waals surface area contributed by atoms with Crippen molar-refractivity contribution in [2.24, 2.45) is 0 Å². The number of esters is 1. The Hall–Kier alpha value is -2.00. The first-order chi connectivity index (χ1) is 14.5. The molecule has 0 atom stereocenters. The predicted molar refractivity (Wildman–Crippen MR) is 116 cm³/mol. The first-order valence-electron chi connectivity index (χ1n) is 10.0. The van der Waals surface area contributed by atoms with Crippen molar-refractivity contribution in [3.63, 3.8) is 0 Å². The quantitative estimate of drug-likeness (QED) is 0.475. The number of quaternary nitrogens is 1. The Bertz CT molecular complexity index is 954. The zero-order valence-electron chi connectivity index (χ0n) is 17.1. The SMILES string of the molecule is CC(=O)OCCC[NH+]1CCN(C(=O)N2c3ccccc3Sc3cc(Cl)cnc32)CC1.[Cl-]. The van der Waals surface area contributed by atoms with Crippen LogP contribution in [0, 0.1) is 0 Å². The summed E-state index contributed by atoms with van der Waals surface area (Å²) in [6.07, 6.45) is 2.41. The minimum atomic E-state index is -0.240. The number of anilines is 2. The fourth-order valence-corrected chi connectivity index (χ4v) is 5.05. The molecule has 1 N–H and O–H groups in total. The van der Waals surface area contributed by atoms with Crippen LogP contribution in [-0.2, 0) is 9.53 Å². The van der Waals surface area contributed by atoms with Crippen LogP contribution in [-0.4, -0.2) is 61.2 Å². The summed E-state index contributed by atoms with van der Waals surface area (Å²) in [5.74, 6) is 0.389. The van der Waals surface area contributed by atoms with Crippen molar-refractivity contribution in [3.8, 4) is 0 Å². The molecule has 2 aliphatic rings. The minimum Gasteiger partial charge on any atom is -1.00 e. The average molecular weight is 483 g/mol. The maximum absolute atomic E-state index is 13.5. The number of halogens is 2. The van der Waals surface area contributed by atoms with Crippen molar-refractivity contribution in [1.82, 2.24) is 9.88 Å². The van der Waals surface area contributed by atoms with Crippen molar-refractivity contribution >= 4 is 46.9 Å². The smallest absolute Gasteiger partial charge is 0.330 e. The number of urea groups is 1. The molecular formula is C21H24Cl2N4O3S. The van der Waals surface area contributed by atoms with Crippen LogP contribution >= 0.6 is 23.4 Å². The maximum Gasteiger partial charge on any atom is 0.330 e. The van der Waals surface area contributed by atoms with Crippen LogP contribution in [0.1, 0.15) is 13.3 Å². The normalized spacial score (nSPS) is 15.5. The summed E-state index contributed by atoms with van der Waals surface area (Å²) in [6.45, 7) is 5.91. The molecule has 0 bridgehead atoms. The van der Waals surface area contributed by atoms with Crippen molar-refractivity contribution in [2.75, 3.05) is 44.2 Å². The molecule has 0 radical (unpaired) electrons. The lowest BCUT2D eigenvalue weighted by molar-refractivity contribution is -0.904. The summed E-state index contributed by atoms with van der Waals surface area (Å²) in [4.78, 5) is 35.8. The number of benzene rings is 1. The van der Waals surface area contributed by atoms with E-state index in [1.54, 1.807) is 22.9 Å². The van der Waals surface area contributed by atoms with Gasteiger partial charge in [0.1, 0.15) is 0 Å². The Kier molecular flexibility index (Phi) is 8.05. The maximum atomic E-state index is 13.5. The van der Waals surface area contributed by atoms with Gasteiger partial charge < -0.3 is 26.9 Å². The molecule has 7 nitrogen and oxygen atoms in total. The third-order valence-corrected chi connectivity index (χ3v) is 6.54. The van der Waals surface area contributed by atoms with Crippen LogP contribution in [0.3, 0.4) is 0 Å². The molecule has 3 heterocycles. The van der Waals surface area contributed by atoms with Gasteiger partial charge in [0.15, 0.2) is 5.82 Å². The Morgan fingerprint density at radius 3 is 2.71 bits per heavy atom. The summed E-state index contributed by atoms with van der Waals surface area (Å²) < 4.78 is 5.00. The van der Waals surface area contributed by atoms with E-state index in [4.69, 9.17) is 16.3 Å². The van der Waals surface area contributed by atoms with E-state index in [0.717, 1.165) is 41.5 Å². The number of carbonyl (C=O) groups excluding carboxylic acids is 2. The molecule has 1 saturated heterocycles. The van der Waals surface area contributed by atoms with E-state index in [1.165, 1.54) is 11.8 Å². The van der Waals surface area contributed by atoms with Gasteiger partial charge in [0.2, 0.25) is 0 Å². The number of nitrogens with one attached hydrogen (secondary N) is 1. The number of hydrogen-bond acceptors (Lipinski definition) is 5. The van der Waals surface area contributed by atoms with Crippen molar-refractivity contribution in [2.45, 2.75) is 23.1 Å². The minimum absolute atomic E-state index is 0. The van der Waals surface area contributed by atoms with Crippen LogP contribution in [0.5, 0.6) is 0 Å². The van der Waals surface area contributed by atoms with Gasteiger partial charge >= 0.3 is 12.0 Å². The van der Waals surface area contributed by atoms with E-state index in [1.807, 2.05) is 35.2 Å². The van der Waals surface area contributed by atoms with E-state index in [9.17, 15) is 9.59 Å². The highest BCUT2D eigenvalue weighted by Crippen LogP contribution is 2.47. The van der Waals surface area contributed by atoms with Gasteiger partial charge in [-0.25, -0.2) is 14.7 Å². The van der Waals surface area contributed by atoms with Gasteiger partial charge in [-0.2, -0.15) is 0 Å². The van der Waals surface area contributed by atoms with E-state index >= 15 is 0 Å². The highest BCUT2D eigenvalue weighted by Gasteiger charge is 2.34. The van der Waals surface area contributed by atoms with Gasteiger partial charge in [-0.15, -0.1) is 0 Å². The lowest BCUT2D eigenvalue weighted by atomic mass is 10.2. The van der Waals surface area contributed by atoms with Gasteiger partial charge in [-0.3, -0.25) is 4.79 Å². The predicted octanol–water partition coefficient (Wildman–Crippen LogP) is -0.385. The van der Waals surface area contributed by atoms with E-state index < -0.39 is 0 Å². The van der Waals surface area contributed by atoms with Crippen LogP contribution in [0.2, 0.25) is 5.02 Å². The molecule has 10 heteroatoms. The summed E-state index contributed by atoms with van der Waals surface area (Å²) >= 11 is 7.72.